The average molecular weight is 351 g/mol. The fraction of sp³-hybridized carbons (Fsp3) is 0.600. The lowest BCUT2D eigenvalue weighted by atomic mass is 10.2. The van der Waals surface area contributed by atoms with Gasteiger partial charge in [0.25, 0.3) is 9.05 Å². The summed E-state index contributed by atoms with van der Waals surface area (Å²) in [4.78, 5) is -0.130. The largest absolute Gasteiger partial charge is 0.487 e. The third-order valence-corrected chi connectivity index (χ3v) is 3.72. The van der Waals surface area contributed by atoms with E-state index >= 15 is 0 Å². The minimum Gasteiger partial charge on any atom is -0.487 e. The topological polar surface area (TPSA) is 61.8 Å². The van der Waals surface area contributed by atoms with Crippen LogP contribution in [0.5, 0.6) is 17.2 Å². The number of benzene rings is 1. The summed E-state index contributed by atoms with van der Waals surface area (Å²) in [5.41, 5.74) is 0. The van der Waals surface area contributed by atoms with Gasteiger partial charge >= 0.3 is 0 Å². The van der Waals surface area contributed by atoms with Gasteiger partial charge in [0.2, 0.25) is 5.75 Å². The van der Waals surface area contributed by atoms with Crippen LogP contribution < -0.4 is 14.2 Å². The summed E-state index contributed by atoms with van der Waals surface area (Å²) in [5.74, 6) is 0.749. The number of rotatable bonds is 7. The van der Waals surface area contributed by atoms with Crippen molar-refractivity contribution in [1.82, 2.24) is 0 Å². The van der Waals surface area contributed by atoms with Crippen molar-refractivity contribution in [2.45, 2.75) is 64.7 Å². The Bertz CT molecular complexity index is 609. The van der Waals surface area contributed by atoms with Gasteiger partial charge in [-0.05, 0) is 53.7 Å². The number of hydrogen-bond donors (Lipinski definition) is 0. The fourth-order valence-corrected chi connectivity index (χ4v) is 2.72. The van der Waals surface area contributed by atoms with E-state index in [2.05, 4.69) is 0 Å². The molecule has 126 valence electrons. The smallest absolute Gasteiger partial charge is 0.265 e. The van der Waals surface area contributed by atoms with E-state index in [1.807, 2.05) is 27.7 Å². The molecule has 0 saturated heterocycles. The van der Waals surface area contributed by atoms with Crippen LogP contribution in [-0.4, -0.2) is 26.7 Å². The average Bonchev–Trinajstić information content (AvgIpc) is 2.29. The molecule has 0 aliphatic rings. The van der Waals surface area contributed by atoms with Gasteiger partial charge in [-0.3, -0.25) is 0 Å². The normalized spacial score (nSPS) is 12.1. The first kappa shape index (κ1) is 18.9. The lowest BCUT2D eigenvalue weighted by molar-refractivity contribution is 0.173. The molecule has 0 aliphatic heterocycles. The minimum atomic E-state index is -3.97. The van der Waals surface area contributed by atoms with Crippen LogP contribution in [0.4, 0.5) is 0 Å². The Kier molecular flexibility index (Phi) is 6.38. The van der Waals surface area contributed by atoms with Gasteiger partial charge in [-0.25, -0.2) is 8.42 Å². The fourth-order valence-electron chi connectivity index (χ4n) is 1.76. The van der Waals surface area contributed by atoms with E-state index < -0.39 is 9.05 Å². The number of hydrogen-bond acceptors (Lipinski definition) is 5. The highest BCUT2D eigenvalue weighted by molar-refractivity contribution is 8.13. The van der Waals surface area contributed by atoms with E-state index in [9.17, 15) is 8.42 Å². The summed E-state index contributed by atoms with van der Waals surface area (Å²) >= 11 is 0. The zero-order valence-electron chi connectivity index (χ0n) is 13.7. The van der Waals surface area contributed by atoms with Gasteiger partial charge in [0.1, 0.15) is 4.90 Å². The number of ether oxygens (including phenoxy) is 3. The highest BCUT2D eigenvalue weighted by Gasteiger charge is 2.26. The van der Waals surface area contributed by atoms with Gasteiger partial charge in [-0.1, -0.05) is 0 Å². The zero-order valence-corrected chi connectivity index (χ0v) is 15.3. The Morgan fingerprint density at radius 3 is 1.68 bits per heavy atom. The van der Waals surface area contributed by atoms with Crippen molar-refractivity contribution < 1.29 is 22.6 Å². The van der Waals surface area contributed by atoms with Crippen molar-refractivity contribution in [3.8, 4) is 17.2 Å². The molecule has 1 rings (SSSR count). The molecule has 0 atom stereocenters. The zero-order chi connectivity index (χ0) is 17.1. The van der Waals surface area contributed by atoms with E-state index in [-0.39, 0.29) is 34.7 Å². The molecule has 1 aromatic rings. The first-order valence-electron chi connectivity index (χ1n) is 7.14. The van der Waals surface area contributed by atoms with Gasteiger partial charge in [0.15, 0.2) is 11.5 Å². The Morgan fingerprint density at radius 2 is 1.27 bits per heavy atom. The molecule has 0 N–H and O–H groups in total. The third-order valence-electron chi connectivity index (χ3n) is 2.37. The van der Waals surface area contributed by atoms with Crippen LogP contribution in [0.2, 0.25) is 0 Å². The molecular formula is C15H23ClO5S. The van der Waals surface area contributed by atoms with E-state index in [1.54, 1.807) is 13.8 Å². The second kappa shape index (κ2) is 7.42. The molecule has 0 amide bonds. The molecule has 0 aliphatic carbocycles. The molecule has 0 fully saturated rings. The van der Waals surface area contributed by atoms with Crippen molar-refractivity contribution in [2.24, 2.45) is 0 Å². The SMILES string of the molecule is CC(C)Oc1ccc(S(=O)(=O)Cl)c(OC(C)C)c1OC(C)C. The molecule has 22 heavy (non-hydrogen) atoms. The highest BCUT2D eigenvalue weighted by atomic mass is 35.7. The Labute approximate surface area is 136 Å². The first-order valence-corrected chi connectivity index (χ1v) is 9.45. The van der Waals surface area contributed by atoms with Crippen LogP contribution in [0.15, 0.2) is 17.0 Å². The Morgan fingerprint density at radius 1 is 0.818 bits per heavy atom. The molecule has 0 unspecified atom stereocenters. The summed E-state index contributed by atoms with van der Waals surface area (Å²) in [6, 6.07) is 2.89. The molecular weight excluding hydrogens is 328 g/mol. The van der Waals surface area contributed by atoms with Crippen molar-refractivity contribution in [1.29, 1.82) is 0 Å². The quantitative estimate of drug-likeness (QED) is 0.696. The second-order valence-corrected chi connectivity index (χ2v) is 8.19. The minimum absolute atomic E-state index is 0.0804. The highest BCUT2D eigenvalue weighted by Crippen LogP contribution is 2.44. The summed E-state index contributed by atoms with van der Waals surface area (Å²) in [6.07, 6.45) is -0.529. The van der Waals surface area contributed by atoms with Gasteiger partial charge in [-0.15, -0.1) is 0 Å². The van der Waals surface area contributed by atoms with E-state index in [4.69, 9.17) is 24.9 Å². The monoisotopic (exact) mass is 350 g/mol. The van der Waals surface area contributed by atoms with Gasteiger partial charge in [0.05, 0.1) is 18.3 Å². The Hall–Kier alpha value is -1.14. The lowest BCUT2D eigenvalue weighted by Gasteiger charge is -2.22. The molecule has 0 spiro atoms. The first-order chi connectivity index (χ1) is 10.0. The maximum absolute atomic E-state index is 11.8. The lowest BCUT2D eigenvalue weighted by Crippen LogP contribution is -2.15. The van der Waals surface area contributed by atoms with Crippen molar-refractivity contribution in [3.05, 3.63) is 12.1 Å². The van der Waals surface area contributed by atoms with Crippen LogP contribution in [0.1, 0.15) is 41.5 Å². The maximum atomic E-state index is 11.8. The van der Waals surface area contributed by atoms with Gasteiger partial charge in [0, 0.05) is 10.7 Å². The molecule has 0 radical (unpaired) electrons. The molecule has 1 aromatic carbocycles. The van der Waals surface area contributed by atoms with Crippen molar-refractivity contribution >= 4 is 19.7 Å². The van der Waals surface area contributed by atoms with E-state index in [1.165, 1.54) is 12.1 Å². The predicted octanol–water partition coefficient (Wildman–Crippen LogP) is 3.98. The van der Waals surface area contributed by atoms with E-state index in [0.29, 0.717) is 5.75 Å². The van der Waals surface area contributed by atoms with Crippen LogP contribution in [0.25, 0.3) is 0 Å². The molecule has 5 nitrogen and oxygen atoms in total. The summed E-state index contributed by atoms with van der Waals surface area (Å²) in [5, 5.41) is 0. The standard InChI is InChI=1S/C15H23ClO5S/c1-9(2)19-12-7-8-13(22(16,17)18)15(21-11(5)6)14(12)20-10(3)4/h7-11H,1-6H3. The van der Waals surface area contributed by atoms with Crippen molar-refractivity contribution in [3.63, 3.8) is 0 Å². The van der Waals surface area contributed by atoms with Crippen molar-refractivity contribution in [2.75, 3.05) is 0 Å². The van der Waals surface area contributed by atoms with Crippen LogP contribution in [-0.2, 0) is 9.05 Å². The maximum Gasteiger partial charge on any atom is 0.265 e. The second-order valence-electron chi connectivity index (χ2n) is 5.66. The predicted molar refractivity (Wildman–Crippen MR) is 86.8 cm³/mol. The van der Waals surface area contributed by atoms with Crippen LogP contribution in [0.3, 0.4) is 0 Å². The molecule has 0 aromatic heterocycles. The molecule has 0 heterocycles. The summed E-state index contributed by atoms with van der Waals surface area (Å²) in [6.45, 7) is 11.0. The van der Waals surface area contributed by atoms with Crippen LogP contribution >= 0.6 is 10.7 Å². The molecule has 0 saturated carbocycles. The molecule has 0 bridgehead atoms. The third kappa shape index (κ3) is 5.25. The summed E-state index contributed by atoms with van der Waals surface area (Å²) in [7, 11) is 1.54. The summed E-state index contributed by atoms with van der Waals surface area (Å²) < 4.78 is 40.7. The number of halogens is 1. The van der Waals surface area contributed by atoms with E-state index in [0.717, 1.165) is 0 Å². The Balaban J connectivity index is 3.57. The van der Waals surface area contributed by atoms with Gasteiger partial charge in [-0.2, -0.15) is 0 Å². The van der Waals surface area contributed by atoms with Crippen LogP contribution in [0, 0.1) is 0 Å². The molecule has 7 heteroatoms. The van der Waals surface area contributed by atoms with Gasteiger partial charge < -0.3 is 14.2 Å².